The summed E-state index contributed by atoms with van der Waals surface area (Å²) >= 11 is 1.56. The van der Waals surface area contributed by atoms with E-state index in [-0.39, 0.29) is 50.0 Å². The van der Waals surface area contributed by atoms with Crippen LogP contribution in [0.2, 0.25) is 0 Å². The number of nitrogens with one attached hydrogen (secondary N) is 3. The number of alkyl halides is 3. The molecule has 6 rings (SSSR count). The second kappa shape index (κ2) is 19.8. The lowest BCUT2D eigenvalue weighted by Crippen LogP contribution is -2.57. The fraction of sp³-hybridized carbons (Fsp3) is 0.435. The van der Waals surface area contributed by atoms with Gasteiger partial charge in [-0.2, -0.15) is 13.2 Å². The van der Waals surface area contributed by atoms with E-state index in [9.17, 15) is 32.7 Å². The highest BCUT2D eigenvalue weighted by molar-refractivity contribution is 7.13. The van der Waals surface area contributed by atoms with Crippen LogP contribution in [0.5, 0.6) is 11.5 Å². The van der Waals surface area contributed by atoms with Crippen molar-refractivity contribution in [2.24, 2.45) is 5.41 Å². The zero-order valence-corrected chi connectivity index (χ0v) is 37.7. The van der Waals surface area contributed by atoms with Crippen LogP contribution in [0.4, 0.5) is 24.7 Å². The van der Waals surface area contributed by atoms with E-state index < -0.39 is 47.3 Å². The third-order valence-corrected chi connectivity index (χ3v) is 12.0. The zero-order valence-electron chi connectivity index (χ0n) is 36.9. The van der Waals surface area contributed by atoms with Gasteiger partial charge in [-0.3, -0.25) is 14.4 Å². The van der Waals surface area contributed by atoms with Crippen LogP contribution in [-0.4, -0.2) is 81.1 Å². The summed E-state index contributed by atoms with van der Waals surface area (Å²) in [6.07, 6.45) is -4.42. The molecular weight excluding hydrogens is 850 g/mol. The van der Waals surface area contributed by atoms with Crippen molar-refractivity contribution in [3.8, 4) is 21.9 Å². The number of hydrogen-bond acceptors (Lipinski definition) is 12. The smallest absolute Gasteiger partial charge is 0.416 e. The number of halogens is 3. The maximum absolute atomic E-state index is 14.1. The van der Waals surface area contributed by atoms with Gasteiger partial charge < -0.3 is 41.2 Å². The van der Waals surface area contributed by atoms with Gasteiger partial charge in [0.25, 0.3) is 0 Å². The first kappa shape index (κ1) is 47.5. The molecule has 0 radical (unpaired) electrons. The standard InChI is InChI=1S/C46H55F3N8O6S/c1-25(30-16-31(46(47,48)49)18-32(50)17-30)53-42-34-20-38(37(62-7)21-35(34)54-27(3)55-42)63-15-9-8-10-39(59)56-41(45(4,5)6)44(61)57-23-33(58)19-36(57)43(60)51-22-28-11-13-29(14-12-28)40-26(2)52-24-64-40/h11-14,16-18,20-21,24-25,33,36,41,58H,8-10,15,19,22-23,50H2,1-7H3,(H,51,60)(H,56,59)(H,53,54,55)/t25-,33-,36+,41-/m1/s1. The molecule has 6 N–H and O–H groups in total. The van der Waals surface area contributed by atoms with Gasteiger partial charge in [-0.1, -0.05) is 45.0 Å². The Morgan fingerprint density at radius 3 is 2.41 bits per heavy atom. The molecule has 1 fully saturated rings. The highest BCUT2D eigenvalue weighted by Crippen LogP contribution is 2.37. The minimum Gasteiger partial charge on any atom is -0.493 e. The molecule has 5 aromatic rings. The van der Waals surface area contributed by atoms with Crippen LogP contribution in [0.1, 0.15) is 87.6 Å². The van der Waals surface area contributed by atoms with Crippen molar-refractivity contribution >= 4 is 51.5 Å². The number of carbonyl (C=O) groups is 3. The first-order valence-electron chi connectivity index (χ1n) is 21.0. The topological polar surface area (TPSA) is 194 Å². The largest absolute Gasteiger partial charge is 0.493 e. The summed E-state index contributed by atoms with van der Waals surface area (Å²) in [4.78, 5) is 56.7. The normalized spacial score (nSPS) is 16.3. The van der Waals surface area contributed by atoms with Crippen molar-refractivity contribution in [2.45, 2.75) is 104 Å². The molecule has 0 unspecified atom stereocenters. The summed E-state index contributed by atoms with van der Waals surface area (Å²) in [5.41, 5.74) is 9.74. The Labute approximate surface area is 374 Å². The van der Waals surface area contributed by atoms with E-state index in [1.807, 2.05) is 52.0 Å². The number of aliphatic hydroxyl groups excluding tert-OH is 1. The number of anilines is 2. The Bertz CT molecular complexity index is 2470. The second-order valence-electron chi connectivity index (χ2n) is 17.1. The number of ether oxygens (including phenoxy) is 2. The van der Waals surface area contributed by atoms with E-state index in [4.69, 9.17) is 15.2 Å². The Morgan fingerprint density at radius 2 is 1.75 bits per heavy atom. The highest BCUT2D eigenvalue weighted by atomic mass is 32.1. The number of aromatic nitrogens is 3. The average molecular weight is 905 g/mol. The number of fused-ring (bicyclic) bond motifs is 1. The van der Waals surface area contributed by atoms with Gasteiger partial charge >= 0.3 is 6.18 Å². The number of amides is 3. The van der Waals surface area contributed by atoms with Gasteiger partial charge in [0.2, 0.25) is 17.7 Å². The number of unbranched alkanes of at least 4 members (excludes halogenated alkanes) is 1. The van der Waals surface area contributed by atoms with Gasteiger partial charge in [-0.05, 0) is 80.0 Å². The SMILES string of the molecule is COc1cc2nc(C)nc(N[C@H](C)c3cc(N)cc(C(F)(F)F)c3)c2cc1OCCCCC(=O)N[C@H](C(=O)N1C[C@H](O)C[C@H]1C(=O)NCc1ccc(-c2scnc2C)cc1)C(C)(C)C. The van der Waals surface area contributed by atoms with E-state index in [1.54, 1.807) is 42.8 Å². The maximum atomic E-state index is 14.1. The van der Waals surface area contributed by atoms with Gasteiger partial charge in [-0.15, -0.1) is 11.3 Å². The Balaban J connectivity index is 1.04. The molecule has 1 aliphatic rings. The molecular formula is C46H55F3N8O6S. The number of rotatable bonds is 16. The lowest BCUT2D eigenvalue weighted by molar-refractivity contribution is -0.144. The molecule has 0 spiro atoms. The predicted octanol–water partition coefficient (Wildman–Crippen LogP) is 7.51. The van der Waals surface area contributed by atoms with Crippen LogP contribution in [0.15, 0.2) is 60.1 Å². The third kappa shape index (κ3) is 11.6. The van der Waals surface area contributed by atoms with Crippen molar-refractivity contribution in [3.63, 3.8) is 0 Å². The molecule has 2 aromatic heterocycles. The number of aryl methyl sites for hydroxylation is 2. The van der Waals surface area contributed by atoms with Crippen molar-refractivity contribution in [2.75, 3.05) is 31.3 Å². The second-order valence-corrected chi connectivity index (χ2v) is 18.0. The number of nitrogens with two attached hydrogens (primary N) is 1. The fourth-order valence-electron chi connectivity index (χ4n) is 7.60. The van der Waals surface area contributed by atoms with Crippen LogP contribution in [0, 0.1) is 19.3 Å². The van der Waals surface area contributed by atoms with Crippen LogP contribution < -0.4 is 31.2 Å². The molecule has 18 heteroatoms. The summed E-state index contributed by atoms with van der Waals surface area (Å²) in [7, 11) is 1.49. The molecule has 3 heterocycles. The zero-order chi connectivity index (χ0) is 46.5. The molecule has 4 atom stereocenters. The van der Waals surface area contributed by atoms with Crippen molar-refractivity contribution in [1.29, 1.82) is 0 Å². The van der Waals surface area contributed by atoms with Gasteiger partial charge in [-0.25, -0.2) is 15.0 Å². The number of hydrogen-bond donors (Lipinski definition) is 5. The van der Waals surface area contributed by atoms with Gasteiger partial charge in [0, 0.05) is 43.1 Å². The molecule has 1 saturated heterocycles. The van der Waals surface area contributed by atoms with E-state index in [0.29, 0.717) is 52.4 Å². The molecule has 342 valence electrons. The van der Waals surface area contributed by atoms with Crippen molar-refractivity contribution in [3.05, 3.63) is 88.3 Å². The number of methoxy groups -OCH3 is 1. The minimum atomic E-state index is -4.57. The number of likely N-dealkylation sites (tertiary alicyclic amines) is 1. The van der Waals surface area contributed by atoms with Gasteiger partial charge in [0.15, 0.2) is 11.5 Å². The first-order valence-corrected chi connectivity index (χ1v) is 21.9. The van der Waals surface area contributed by atoms with E-state index in [2.05, 4.69) is 30.9 Å². The van der Waals surface area contributed by atoms with Crippen LogP contribution in [0.25, 0.3) is 21.3 Å². The Kier molecular flexibility index (Phi) is 14.7. The Morgan fingerprint density at radius 1 is 1.02 bits per heavy atom. The van der Waals surface area contributed by atoms with Crippen LogP contribution in [0.3, 0.4) is 0 Å². The van der Waals surface area contributed by atoms with Crippen LogP contribution >= 0.6 is 11.3 Å². The molecule has 0 saturated carbocycles. The number of β-amino-alcohol motifs (C(OH)–C–C–N with tert-alkyl or cyclic N) is 1. The number of carbonyl (C=O) groups excluding carboxylic acids is 3. The van der Waals surface area contributed by atoms with E-state index >= 15 is 0 Å². The van der Waals surface area contributed by atoms with E-state index in [1.165, 1.54) is 18.1 Å². The molecule has 0 bridgehead atoms. The molecule has 64 heavy (non-hydrogen) atoms. The summed E-state index contributed by atoms with van der Waals surface area (Å²) in [5.74, 6) is 0.377. The first-order chi connectivity index (χ1) is 30.2. The van der Waals surface area contributed by atoms with E-state index in [0.717, 1.165) is 33.8 Å². The highest BCUT2D eigenvalue weighted by Gasteiger charge is 2.44. The molecule has 3 aromatic carbocycles. The summed E-state index contributed by atoms with van der Waals surface area (Å²) in [6.45, 7) is 11.2. The van der Waals surface area contributed by atoms with Crippen LogP contribution in [-0.2, 0) is 27.1 Å². The number of aliphatic hydroxyl groups is 1. The fourth-order valence-corrected chi connectivity index (χ4v) is 8.41. The lowest BCUT2D eigenvalue weighted by Gasteiger charge is -2.35. The monoisotopic (exact) mass is 904 g/mol. The number of nitrogens with zero attached hydrogens (tertiary/aromatic N) is 4. The summed E-state index contributed by atoms with van der Waals surface area (Å²) in [6, 6.07) is 12.1. The lowest BCUT2D eigenvalue weighted by atomic mass is 9.85. The predicted molar refractivity (Wildman–Crippen MR) is 240 cm³/mol. The molecule has 1 aliphatic heterocycles. The average Bonchev–Trinajstić information content (AvgIpc) is 3.85. The van der Waals surface area contributed by atoms with Gasteiger partial charge in [0.05, 0.1) is 53.0 Å². The summed E-state index contributed by atoms with van der Waals surface area (Å²) < 4.78 is 52.3. The third-order valence-electron chi connectivity index (χ3n) is 11.0. The summed E-state index contributed by atoms with van der Waals surface area (Å²) in [5, 5.41) is 20.2. The maximum Gasteiger partial charge on any atom is 0.416 e. The number of nitrogen functional groups attached to an aromatic ring is 1. The number of thiazole rings is 1. The minimum absolute atomic E-state index is 0.0161. The molecule has 3 amide bonds. The quantitative estimate of drug-likeness (QED) is 0.0486. The molecule has 0 aliphatic carbocycles. The molecule has 14 nitrogen and oxygen atoms in total. The van der Waals surface area contributed by atoms with Gasteiger partial charge in [0.1, 0.15) is 23.7 Å². The van der Waals surface area contributed by atoms with Crippen molar-refractivity contribution < 1.29 is 42.1 Å². The van der Waals surface area contributed by atoms with Crippen molar-refractivity contribution in [1.82, 2.24) is 30.5 Å². The Hall–Kier alpha value is -6.01. The number of benzene rings is 3.